The van der Waals surface area contributed by atoms with Crippen LogP contribution in [0.15, 0.2) is 77.7 Å². The first-order valence-corrected chi connectivity index (χ1v) is 9.62. The fourth-order valence-electron chi connectivity index (χ4n) is 3.17. The van der Waals surface area contributed by atoms with Gasteiger partial charge in [-0.05, 0) is 48.6 Å². The van der Waals surface area contributed by atoms with Gasteiger partial charge in [0.05, 0.1) is 11.6 Å². The fourth-order valence-corrected chi connectivity index (χ4v) is 3.17. The number of amides is 1. The zero-order chi connectivity index (χ0) is 20.1. The van der Waals surface area contributed by atoms with Crippen LogP contribution in [0, 0.1) is 5.92 Å². The molecule has 3 aromatic rings. The van der Waals surface area contributed by atoms with Gasteiger partial charge in [0, 0.05) is 18.0 Å². The molecule has 4 nitrogen and oxygen atoms in total. The Hall–Kier alpha value is -3.14. The van der Waals surface area contributed by atoms with E-state index in [9.17, 15) is 9.59 Å². The van der Waals surface area contributed by atoms with E-state index in [0.29, 0.717) is 11.6 Å². The van der Waals surface area contributed by atoms with Gasteiger partial charge < -0.3 is 5.32 Å². The Morgan fingerprint density at radius 2 is 1.61 bits per heavy atom. The molecule has 144 valence electrons. The highest BCUT2D eigenvalue weighted by Gasteiger charge is 2.16. The highest BCUT2D eigenvalue weighted by atomic mass is 16.2. The van der Waals surface area contributed by atoms with Gasteiger partial charge in [-0.2, -0.15) is 0 Å². The molecule has 1 atom stereocenters. The number of hydrogen-bond acceptors (Lipinski definition) is 2. The maximum Gasteiger partial charge on any atom is 0.255 e. The number of carbonyl (C=O) groups excluding carboxylic acids is 1. The Kier molecular flexibility index (Phi) is 6.09. The molecular weight excluding hydrogens is 348 g/mol. The van der Waals surface area contributed by atoms with Crippen LogP contribution < -0.4 is 10.9 Å². The predicted molar refractivity (Wildman–Crippen MR) is 114 cm³/mol. The largest absolute Gasteiger partial charge is 0.324 e. The molecule has 1 aromatic heterocycles. The van der Waals surface area contributed by atoms with Crippen LogP contribution >= 0.6 is 0 Å². The number of nitrogens with one attached hydrogen (secondary N) is 1. The second-order valence-electron chi connectivity index (χ2n) is 7.51. The van der Waals surface area contributed by atoms with Crippen LogP contribution in [0.1, 0.15) is 37.8 Å². The summed E-state index contributed by atoms with van der Waals surface area (Å²) in [5, 5.41) is 2.93. The molecule has 0 radical (unpaired) electrons. The van der Waals surface area contributed by atoms with E-state index >= 15 is 0 Å². The lowest BCUT2D eigenvalue weighted by Crippen LogP contribution is -2.22. The zero-order valence-electron chi connectivity index (χ0n) is 16.6. The Labute approximate surface area is 165 Å². The highest BCUT2D eigenvalue weighted by Crippen LogP contribution is 2.20. The minimum absolute atomic E-state index is 0.102. The summed E-state index contributed by atoms with van der Waals surface area (Å²) < 4.78 is 1.53. The molecule has 2 aromatic carbocycles. The molecule has 1 N–H and O–H groups in total. The van der Waals surface area contributed by atoms with Crippen molar-refractivity contribution < 1.29 is 4.79 Å². The summed E-state index contributed by atoms with van der Waals surface area (Å²) >= 11 is 0. The van der Waals surface area contributed by atoms with Crippen LogP contribution in [-0.4, -0.2) is 10.5 Å². The molecule has 1 heterocycles. The summed E-state index contributed by atoms with van der Waals surface area (Å²) in [5.41, 5.74) is 3.47. The molecule has 0 aliphatic rings. The van der Waals surface area contributed by atoms with Crippen molar-refractivity contribution in [2.45, 2.75) is 33.1 Å². The molecule has 0 fully saturated rings. The van der Waals surface area contributed by atoms with Crippen molar-refractivity contribution in [1.29, 1.82) is 0 Å². The number of carbonyl (C=O) groups is 1. The summed E-state index contributed by atoms with van der Waals surface area (Å²) in [6.07, 6.45) is 2.69. The van der Waals surface area contributed by atoms with E-state index in [0.717, 1.165) is 17.7 Å². The summed E-state index contributed by atoms with van der Waals surface area (Å²) in [7, 11) is 0. The molecule has 0 spiro atoms. The van der Waals surface area contributed by atoms with Gasteiger partial charge in [0.15, 0.2) is 0 Å². The normalized spacial score (nSPS) is 12.0. The summed E-state index contributed by atoms with van der Waals surface area (Å²) in [5.74, 6) is 0.215. The third-order valence-electron chi connectivity index (χ3n) is 4.73. The van der Waals surface area contributed by atoms with Crippen molar-refractivity contribution in [1.82, 2.24) is 4.57 Å². The van der Waals surface area contributed by atoms with Gasteiger partial charge in [0.25, 0.3) is 5.56 Å². The van der Waals surface area contributed by atoms with Crippen molar-refractivity contribution in [2.75, 3.05) is 5.32 Å². The van der Waals surface area contributed by atoms with E-state index in [-0.39, 0.29) is 17.4 Å². The molecule has 3 rings (SSSR count). The quantitative estimate of drug-likeness (QED) is 0.675. The molecule has 0 saturated carbocycles. The van der Waals surface area contributed by atoms with Crippen LogP contribution in [-0.2, 0) is 11.2 Å². The average molecular weight is 374 g/mol. The smallest absolute Gasteiger partial charge is 0.255 e. The van der Waals surface area contributed by atoms with Crippen molar-refractivity contribution in [3.05, 3.63) is 94.4 Å². The third kappa shape index (κ3) is 4.77. The standard InChI is InChI=1S/C24H26N2O2/c1-17(2)15-19-9-11-20(12-10-19)18(3)24(28)25-21-13-14-23(27)26(16-21)22-7-5-4-6-8-22/h4-14,16-18H,15H2,1-3H3,(H,25,28)/t18-/m0/s1. The van der Waals surface area contributed by atoms with E-state index in [2.05, 4.69) is 31.3 Å². The molecule has 0 bridgehead atoms. The van der Waals surface area contributed by atoms with Crippen molar-refractivity contribution >= 4 is 11.6 Å². The summed E-state index contributed by atoms with van der Waals surface area (Å²) in [6, 6.07) is 20.7. The van der Waals surface area contributed by atoms with Gasteiger partial charge in [-0.25, -0.2) is 0 Å². The number of anilines is 1. The lowest BCUT2D eigenvalue weighted by atomic mass is 9.96. The Bertz CT molecular complexity index is 989. The Balaban J connectivity index is 1.75. The number of benzene rings is 2. The van der Waals surface area contributed by atoms with Gasteiger partial charge in [-0.15, -0.1) is 0 Å². The third-order valence-corrected chi connectivity index (χ3v) is 4.73. The number of hydrogen-bond donors (Lipinski definition) is 1. The van der Waals surface area contributed by atoms with Gasteiger partial charge in [-0.3, -0.25) is 14.2 Å². The number of rotatable bonds is 6. The lowest BCUT2D eigenvalue weighted by Gasteiger charge is -2.15. The van der Waals surface area contributed by atoms with Gasteiger partial charge in [0.2, 0.25) is 5.91 Å². The van der Waals surface area contributed by atoms with E-state index in [1.807, 2.05) is 49.4 Å². The lowest BCUT2D eigenvalue weighted by molar-refractivity contribution is -0.117. The number of nitrogens with zero attached hydrogens (tertiary/aromatic N) is 1. The van der Waals surface area contributed by atoms with Gasteiger partial charge in [0.1, 0.15) is 0 Å². The monoisotopic (exact) mass is 374 g/mol. The summed E-state index contributed by atoms with van der Waals surface area (Å²) in [4.78, 5) is 24.9. The first-order valence-electron chi connectivity index (χ1n) is 9.62. The maximum absolute atomic E-state index is 12.7. The number of para-hydroxylation sites is 1. The fraction of sp³-hybridized carbons (Fsp3) is 0.250. The van der Waals surface area contributed by atoms with Crippen LogP contribution in [0.5, 0.6) is 0 Å². The molecule has 0 aliphatic carbocycles. The minimum atomic E-state index is -0.287. The second kappa shape index (κ2) is 8.70. The van der Waals surface area contributed by atoms with E-state index in [4.69, 9.17) is 0 Å². The minimum Gasteiger partial charge on any atom is -0.324 e. The first kappa shape index (κ1) is 19.6. The molecule has 4 heteroatoms. The second-order valence-corrected chi connectivity index (χ2v) is 7.51. The number of pyridine rings is 1. The zero-order valence-corrected chi connectivity index (χ0v) is 16.6. The van der Waals surface area contributed by atoms with Crippen LogP contribution in [0.3, 0.4) is 0 Å². The molecule has 0 unspecified atom stereocenters. The summed E-state index contributed by atoms with van der Waals surface area (Å²) in [6.45, 7) is 6.28. The van der Waals surface area contributed by atoms with Crippen molar-refractivity contribution in [2.24, 2.45) is 5.92 Å². The van der Waals surface area contributed by atoms with E-state index < -0.39 is 0 Å². The molecule has 0 saturated heterocycles. The van der Waals surface area contributed by atoms with Crippen molar-refractivity contribution in [3.8, 4) is 5.69 Å². The maximum atomic E-state index is 12.7. The topological polar surface area (TPSA) is 51.1 Å². The van der Waals surface area contributed by atoms with E-state index in [1.54, 1.807) is 12.3 Å². The van der Waals surface area contributed by atoms with E-state index in [1.165, 1.54) is 16.2 Å². The highest BCUT2D eigenvalue weighted by molar-refractivity contribution is 5.95. The SMILES string of the molecule is CC(C)Cc1ccc([C@H](C)C(=O)Nc2ccc(=O)n(-c3ccccc3)c2)cc1. The molecule has 28 heavy (non-hydrogen) atoms. The Morgan fingerprint density at radius 3 is 2.25 bits per heavy atom. The van der Waals surface area contributed by atoms with Gasteiger partial charge in [-0.1, -0.05) is 56.3 Å². The molecule has 0 aliphatic heterocycles. The van der Waals surface area contributed by atoms with Gasteiger partial charge >= 0.3 is 0 Å². The van der Waals surface area contributed by atoms with Crippen LogP contribution in [0.2, 0.25) is 0 Å². The first-order chi connectivity index (χ1) is 13.4. The van der Waals surface area contributed by atoms with Crippen LogP contribution in [0.25, 0.3) is 5.69 Å². The van der Waals surface area contributed by atoms with Crippen molar-refractivity contribution in [3.63, 3.8) is 0 Å². The molecular formula is C24H26N2O2. The Morgan fingerprint density at radius 1 is 0.929 bits per heavy atom. The molecule has 1 amide bonds. The average Bonchev–Trinajstić information content (AvgIpc) is 2.69. The number of aromatic nitrogens is 1. The predicted octanol–water partition coefficient (Wildman–Crippen LogP) is 4.78. The van der Waals surface area contributed by atoms with Crippen LogP contribution in [0.4, 0.5) is 5.69 Å².